The van der Waals surface area contributed by atoms with Gasteiger partial charge in [0, 0.05) is 23.8 Å². The smallest absolute Gasteiger partial charge is 0.336 e. The molecule has 0 saturated carbocycles. The largest absolute Gasteiger partial charge is 0.478 e. The van der Waals surface area contributed by atoms with Crippen molar-refractivity contribution in [1.29, 1.82) is 5.26 Å². The molecule has 4 rings (SSSR count). The summed E-state index contributed by atoms with van der Waals surface area (Å²) in [5, 5.41) is 24.7. The highest BCUT2D eigenvalue weighted by Crippen LogP contribution is 2.30. The lowest BCUT2D eigenvalue weighted by Crippen LogP contribution is -2.41. The van der Waals surface area contributed by atoms with Crippen LogP contribution in [0.5, 0.6) is 0 Å². The van der Waals surface area contributed by atoms with E-state index < -0.39 is 12.0 Å². The SMILES string of the molecule is Cc1ccc(C(=O)O)c(CN2CCCCC2Cc2ccccc2)c1NC(=O)Nc1cccc(C#N)c1. The minimum Gasteiger partial charge on any atom is -0.478 e. The Morgan fingerprint density at radius 3 is 2.61 bits per heavy atom. The third-order valence-electron chi connectivity index (χ3n) is 6.66. The number of carboxylic acids is 1. The number of anilines is 2. The zero-order chi connectivity index (χ0) is 25.5. The number of nitrogens with zero attached hydrogens (tertiary/aromatic N) is 2. The van der Waals surface area contributed by atoms with Crippen molar-refractivity contribution < 1.29 is 14.7 Å². The molecule has 3 aromatic rings. The summed E-state index contributed by atoms with van der Waals surface area (Å²) in [6.07, 6.45) is 4.13. The van der Waals surface area contributed by atoms with E-state index in [4.69, 9.17) is 5.26 Å². The first-order valence-corrected chi connectivity index (χ1v) is 12.2. The van der Waals surface area contributed by atoms with E-state index >= 15 is 0 Å². The van der Waals surface area contributed by atoms with Gasteiger partial charge in [-0.15, -0.1) is 0 Å². The van der Waals surface area contributed by atoms with E-state index in [-0.39, 0.29) is 5.56 Å². The first-order valence-electron chi connectivity index (χ1n) is 12.2. The fourth-order valence-corrected chi connectivity index (χ4v) is 4.83. The number of hydrogen-bond donors (Lipinski definition) is 3. The van der Waals surface area contributed by atoms with Crippen LogP contribution >= 0.6 is 0 Å². The molecule has 0 bridgehead atoms. The summed E-state index contributed by atoms with van der Waals surface area (Å²) in [6.45, 7) is 3.16. The van der Waals surface area contributed by atoms with Crippen LogP contribution < -0.4 is 10.6 Å². The second-order valence-corrected chi connectivity index (χ2v) is 9.17. The first-order chi connectivity index (χ1) is 17.4. The van der Waals surface area contributed by atoms with E-state index in [1.54, 1.807) is 36.4 Å². The van der Waals surface area contributed by atoms with Crippen molar-refractivity contribution in [2.24, 2.45) is 0 Å². The Morgan fingerprint density at radius 2 is 1.86 bits per heavy atom. The molecule has 2 amide bonds. The van der Waals surface area contributed by atoms with Crippen LogP contribution in [-0.4, -0.2) is 34.6 Å². The van der Waals surface area contributed by atoms with Crippen molar-refractivity contribution in [1.82, 2.24) is 4.90 Å². The van der Waals surface area contributed by atoms with Gasteiger partial charge >= 0.3 is 12.0 Å². The van der Waals surface area contributed by atoms with Crippen molar-refractivity contribution in [2.45, 2.75) is 45.2 Å². The van der Waals surface area contributed by atoms with Crippen molar-refractivity contribution in [3.05, 3.63) is 94.5 Å². The van der Waals surface area contributed by atoms with Crippen LogP contribution in [0.3, 0.4) is 0 Å². The Hall–Kier alpha value is -4.15. The Bertz CT molecular complexity index is 1280. The number of aryl methyl sites for hydroxylation is 1. The molecule has 1 unspecified atom stereocenters. The standard InChI is InChI=1S/C29H30N4O3/c1-20-13-14-25(28(34)35)26(27(20)32-29(36)31-23-11-7-10-22(16-23)18-30)19-33-15-6-5-12-24(33)17-21-8-3-2-4-9-21/h2-4,7-11,13-14,16,24H,5-6,12,15,17,19H2,1H3,(H,34,35)(H2,31,32,36). The van der Waals surface area contributed by atoms with Crippen LogP contribution in [0.15, 0.2) is 66.7 Å². The number of carbonyl (C=O) groups is 2. The molecule has 3 aromatic carbocycles. The van der Waals surface area contributed by atoms with Crippen LogP contribution in [-0.2, 0) is 13.0 Å². The quantitative estimate of drug-likeness (QED) is 0.394. The minimum atomic E-state index is -1.02. The molecule has 3 N–H and O–H groups in total. The van der Waals surface area contributed by atoms with E-state index in [2.05, 4.69) is 33.7 Å². The van der Waals surface area contributed by atoms with E-state index in [0.29, 0.717) is 35.1 Å². The number of benzene rings is 3. The molecular weight excluding hydrogens is 452 g/mol. The van der Waals surface area contributed by atoms with E-state index in [0.717, 1.165) is 37.8 Å². The molecule has 1 aliphatic heterocycles. The fraction of sp³-hybridized carbons (Fsp3) is 0.276. The number of rotatable bonds is 7. The van der Waals surface area contributed by atoms with E-state index in [9.17, 15) is 14.7 Å². The number of amides is 2. The number of carboxylic acid groups (broad SMARTS) is 1. The summed E-state index contributed by atoms with van der Waals surface area (Å²) in [4.78, 5) is 27.4. The summed E-state index contributed by atoms with van der Waals surface area (Å²) in [7, 11) is 0. The number of carbonyl (C=O) groups excluding carboxylic acids is 1. The average molecular weight is 483 g/mol. The Morgan fingerprint density at radius 1 is 1.06 bits per heavy atom. The molecule has 36 heavy (non-hydrogen) atoms. The highest BCUT2D eigenvalue weighted by Gasteiger charge is 2.26. The average Bonchev–Trinajstić information content (AvgIpc) is 2.88. The summed E-state index contributed by atoms with van der Waals surface area (Å²) in [5.41, 5.74) is 4.26. The molecule has 1 aliphatic rings. The van der Waals surface area contributed by atoms with Crippen molar-refractivity contribution in [3.8, 4) is 6.07 Å². The Kier molecular flexibility index (Phi) is 7.99. The lowest BCUT2D eigenvalue weighted by Gasteiger charge is -2.37. The van der Waals surface area contributed by atoms with Gasteiger partial charge in [-0.1, -0.05) is 48.9 Å². The number of urea groups is 1. The molecule has 0 aromatic heterocycles. The summed E-state index contributed by atoms with van der Waals surface area (Å²) < 4.78 is 0. The van der Waals surface area contributed by atoms with E-state index in [1.807, 2.05) is 25.1 Å². The molecule has 0 aliphatic carbocycles. The third kappa shape index (κ3) is 6.09. The summed E-state index contributed by atoms with van der Waals surface area (Å²) >= 11 is 0. The summed E-state index contributed by atoms with van der Waals surface area (Å²) in [6, 6.07) is 22.2. The molecule has 184 valence electrons. The Labute approximate surface area is 211 Å². The highest BCUT2D eigenvalue weighted by molar-refractivity contribution is 6.02. The van der Waals surface area contributed by atoms with Gasteiger partial charge in [-0.3, -0.25) is 4.90 Å². The van der Waals surface area contributed by atoms with Crippen LogP contribution in [0.2, 0.25) is 0 Å². The topological polar surface area (TPSA) is 105 Å². The minimum absolute atomic E-state index is 0.186. The predicted octanol–water partition coefficient (Wildman–Crippen LogP) is 5.81. The molecule has 0 radical (unpaired) electrons. The van der Waals surface area contributed by atoms with Gasteiger partial charge in [0.1, 0.15) is 0 Å². The Balaban J connectivity index is 1.60. The number of nitrogens with one attached hydrogen (secondary N) is 2. The van der Waals surface area contributed by atoms with Crippen LogP contribution in [0.4, 0.5) is 16.2 Å². The molecule has 7 heteroatoms. The number of likely N-dealkylation sites (tertiary alicyclic amines) is 1. The number of piperidine rings is 1. The zero-order valence-electron chi connectivity index (χ0n) is 20.3. The van der Waals surface area contributed by atoms with Gasteiger partial charge < -0.3 is 15.7 Å². The van der Waals surface area contributed by atoms with E-state index in [1.165, 1.54) is 5.56 Å². The third-order valence-corrected chi connectivity index (χ3v) is 6.66. The maximum absolute atomic E-state index is 12.9. The number of hydrogen-bond acceptors (Lipinski definition) is 4. The van der Waals surface area contributed by atoms with Gasteiger partial charge in [-0.05, 0) is 68.1 Å². The van der Waals surface area contributed by atoms with Gasteiger partial charge in [0.2, 0.25) is 0 Å². The van der Waals surface area contributed by atoms with Gasteiger partial charge in [0.25, 0.3) is 0 Å². The zero-order valence-corrected chi connectivity index (χ0v) is 20.3. The molecule has 7 nitrogen and oxygen atoms in total. The molecule has 1 fully saturated rings. The van der Waals surface area contributed by atoms with Gasteiger partial charge in [0.15, 0.2) is 0 Å². The van der Waals surface area contributed by atoms with Gasteiger partial charge in [-0.25, -0.2) is 9.59 Å². The molecule has 1 heterocycles. The van der Waals surface area contributed by atoms with Crippen LogP contribution in [0.25, 0.3) is 0 Å². The van der Waals surface area contributed by atoms with Crippen LogP contribution in [0.1, 0.15) is 51.9 Å². The molecule has 0 spiro atoms. The number of aromatic carboxylic acids is 1. The monoisotopic (exact) mass is 482 g/mol. The fourth-order valence-electron chi connectivity index (χ4n) is 4.83. The first kappa shape index (κ1) is 25.0. The molecular formula is C29H30N4O3. The van der Waals surface area contributed by atoms with Crippen LogP contribution in [0, 0.1) is 18.3 Å². The maximum Gasteiger partial charge on any atom is 0.336 e. The lowest BCUT2D eigenvalue weighted by atomic mass is 9.93. The maximum atomic E-state index is 12.9. The highest BCUT2D eigenvalue weighted by atomic mass is 16.4. The predicted molar refractivity (Wildman–Crippen MR) is 140 cm³/mol. The summed E-state index contributed by atoms with van der Waals surface area (Å²) in [5.74, 6) is -1.02. The van der Waals surface area contributed by atoms with Gasteiger partial charge in [-0.2, -0.15) is 5.26 Å². The number of nitriles is 1. The second kappa shape index (κ2) is 11.5. The van der Waals surface area contributed by atoms with Crippen molar-refractivity contribution in [2.75, 3.05) is 17.2 Å². The van der Waals surface area contributed by atoms with Crippen molar-refractivity contribution in [3.63, 3.8) is 0 Å². The second-order valence-electron chi connectivity index (χ2n) is 9.17. The molecule has 1 atom stereocenters. The van der Waals surface area contributed by atoms with Gasteiger partial charge in [0.05, 0.1) is 22.9 Å². The lowest BCUT2D eigenvalue weighted by molar-refractivity contribution is 0.0692. The van der Waals surface area contributed by atoms with Crippen molar-refractivity contribution >= 4 is 23.4 Å². The molecule has 1 saturated heterocycles. The normalized spacial score (nSPS) is 15.6.